The van der Waals surface area contributed by atoms with E-state index in [0.29, 0.717) is 24.7 Å². The van der Waals surface area contributed by atoms with Crippen LogP contribution in [0.3, 0.4) is 0 Å². The number of rotatable bonds is 4. The lowest BCUT2D eigenvalue weighted by Crippen LogP contribution is -2.32. The fraction of sp³-hybridized carbons (Fsp3) is 0.350. The third-order valence-electron chi connectivity index (χ3n) is 5.08. The molecule has 1 aliphatic heterocycles. The van der Waals surface area contributed by atoms with Gasteiger partial charge < -0.3 is 14.6 Å². The molecule has 160 valence electrons. The van der Waals surface area contributed by atoms with Crippen LogP contribution in [0.1, 0.15) is 17.2 Å². The average molecular weight is 453 g/mol. The summed E-state index contributed by atoms with van der Waals surface area (Å²) in [5.74, 6) is -0.584. The van der Waals surface area contributed by atoms with Gasteiger partial charge in [0.25, 0.3) is 5.56 Å². The van der Waals surface area contributed by atoms with Gasteiger partial charge in [-0.05, 0) is 36.2 Å². The minimum atomic E-state index is -0.701. The molecule has 3 aromatic rings. The standard InChI is InChI=1S/C20H21ClN4O4.ClH/c1-12-4-5-13(9-16(12)21)17-14(10-22-6-8-28-17)11-25-7-2-3-15(19(25)26)18-23-20(27)29-24-18;/h2-5,7,9,14,17,22H,6,8,10-11H2,1H3,(H,23,24,27);1H/t14-,17-;/m1./s1. The molecule has 0 unspecified atom stereocenters. The van der Waals surface area contributed by atoms with E-state index in [4.69, 9.17) is 16.3 Å². The fourth-order valence-electron chi connectivity index (χ4n) is 3.56. The first-order chi connectivity index (χ1) is 14.0. The van der Waals surface area contributed by atoms with E-state index in [1.165, 1.54) is 0 Å². The minimum absolute atomic E-state index is 0. The van der Waals surface area contributed by atoms with Crippen LogP contribution in [0.4, 0.5) is 0 Å². The van der Waals surface area contributed by atoms with Crippen LogP contribution < -0.4 is 16.6 Å². The van der Waals surface area contributed by atoms with Crippen molar-refractivity contribution in [2.45, 2.75) is 19.6 Å². The topological polar surface area (TPSA) is 102 Å². The van der Waals surface area contributed by atoms with Gasteiger partial charge in [0.1, 0.15) is 0 Å². The number of ether oxygens (including phenoxy) is 1. The molecule has 0 amide bonds. The van der Waals surface area contributed by atoms with Crippen molar-refractivity contribution < 1.29 is 9.26 Å². The van der Waals surface area contributed by atoms with Gasteiger partial charge in [0.05, 0.1) is 18.3 Å². The number of aromatic nitrogens is 3. The van der Waals surface area contributed by atoms with Crippen molar-refractivity contribution in [2.75, 3.05) is 19.7 Å². The second-order valence-corrected chi connectivity index (χ2v) is 7.49. The lowest BCUT2D eigenvalue weighted by molar-refractivity contribution is 0.0251. The van der Waals surface area contributed by atoms with Crippen LogP contribution in [0.25, 0.3) is 11.4 Å². The average Bonchev–Trinajstić information content (AvgIpc) is 3.00. The summed E-state index contributed by atoms with van der Waals surface area (Å²) in [6.45, 7) is 4.38. The van der Waals surface area contributed by atoms with E-state index in [1.807, 2.05) is 25.1 Å². The normalized spacial score (nSPS) is 19.1. The summed E-state index contributed by atoms with van der Waals surface area (Å²) in [5.41, 5.74) is 2.00. The molecule has 0 radical (unpaired) electrons. The van der Waals surface area contributed by atoms with Crippen molar-refractivity contribution in [1.29, 1.82) is 0 Å². The Hall–Kier alpha value is -2.39. The van der Waals surface area contributed by atoms with E-state index in [9.17, 15) is 9.59 Å². The summed E-state index contributed by atoms with van der Waals surface area (Å²) in [6, 6.07) is 9.27. The van der Waals surface area contributed by atoms with E-state index < -0.39 is 5.76 Å². The SMILES string of the molecule is Cc1ccc([C@H]2OCCNC[C@@H]2Cn2cccc(-c3noc(=O)[nH]3)c2=O)cc1Cl.Cl. The van der Waals surface area contributed by atoms with E-state index >= 15 is 0 Å². The highest BCUT2D eigenvalue weighted by Gasteiger charge is 2.27. The third-order valence-corrected chi connectivity index (χ3v) is 5.49. The number of aromatic amines is 1. The zero-order chi connectivity index (χ0) is 20.4. The second-order valence-electron chi connectivity index (χ2n) is 7.09. The Balaban J connectivity index is 0.00000256. The molecule has 1 aromatic carbocycles. The third kappa shape index (κ3) is 4.67. The molecule has 1 saturated heterocycles. The van der Waals surface area contributed by atoms with Crippen molar-refractivity contribution in [1.82, 2.24) is 20.0 Å². The van der Waals surface area contributed by atoms with Gasteiger partial charge in [0.15, 0.2) is 5.82 Å². The van der Waals surface area contributed by atoms with Gasteiger partial charge >= 0.3 is 5.76 Å². The summed E-state index contributed by atoms with van der Waals surface area (Å²) in [4.78, 5) is 26.6. The lowest BCUT2D eigenvalue weighted by Gasteiger charge is -2.26. The molecule has 2 atom stereocenters. The molecule has 3 heterocycles. The Bertz CT molecular complexity index is 1120. The maximum Gasteiger partial charge on any atom is 0.439 e. The highest BCUT2D eigenvalue weighted by molar-refractivity contribution is 6.31. The predicted molar refractivity (Wildman–Crippen MR) is 115 cm³/mol. The largest absolute Gasteiger partial charge is 0.439 e. The maximum absolute atomic E-state index is 13.0. The number of hydrogen-bond donors (Lipinski definition) is 2. The van der Waals surface area contributed by atoms with Crippen LogP contribution in [0.15, 0.2) is 50.6 Å². The Morgan fingerprint density at radius 2 is 2.13 bits per heavy atom. The van der Waals surface area contributed by atoms with Crippen molar-refractivity contribution in [3.05, 3.63) is 73.6 Å². The van der Waals surface area contributed by atoms with Crippen LogP contribution in [0.5, 0.6) is 0 Å². The molecule has 0 saturated carbocycles. The Labute approximate surface area is 183 Å². The van der Waals surface area contributed by atoms with Crippen LogP contribution >= 0.6 is 24.0 Å². The van der Waals surface area contributed by atoms with Crippen LogP contribution in [0.2, 0.25) is 5.02 Å². The molecular weight excluding hydrogens is 431 g/mol. The molecule has 2 N–H and O–H groups in total. The van der Waals surface area contributed by atoms with Crippen LogP contribution in [-0.2, 0) is 11.3 Å². The van der Waals surface area contributed by atoms with Gasteiger partial charge in [-0.2, -0.15) is 0 Å². The molecule has 30 heavy (non-hydrogen) atoms. The maximum atomic E-state index is 13.0. The summed E-state index contributed by atoms with van der Waals surface area (Å²) < 4.78 is 12.2. The van der Waals surface area contributed by atoms with Gasteiger partial charge in [-0.1, -0.05) is 28.9 Å². The summed E-state index contributed by atoms with van der Waals surface area (Å²) in [7, 11) is 0. The van der Waals surface area contributed by atoms with Crippen molar-refractivity contribution in [2.24, 2.45) is 5.92 Å². The molecule has 2 aromatic heterocycles. The molecule has 1 fully saturated rings. The minimum Gasteiger partial charge on any atom is -0.372 e. The number of pyridine rings is 1. The van der Waals surface area contributed by atoms with Gasteiger partial charge in [-0.3, -0.25) is 14.3 Å². The molecule has 10 heteroatoms. The second kappa shape index (κ2) is 9.61. The van der Waals surface area contributed by atoms with Crippen molar-refractivity contribution >= 4 is 24.0 Å². The number of H-pyrrole nitrogens is 1. The summed E-state index contributed by atoms with van der Waals surface area (Å²) >= 11 is 6.33. The van der Waals surface area contributed by atoms with Gasteiger partial charge in [0.2, 0.25) is 0 Å². The predicted octanol–water partition coefficient (Wildman–Crippen LogP) is 2.55. The van der Waals surface area contributed by atoms with E-state index in [0.717, 1.165) is 17.7 Å². The molecule has 0 spiro atoms. The highest BCUT2D eigenvalue weighted by Crippen LogP contribution is 2.31. The highest BCUT2D eigenvalue weighted by atomic mass is 35.5. The smallest absolute Gasteiger partial charge is 0.372 e. The van der Waals surface area contributed by atoms with Gasteiger partial charge in [-0.25, -0.2) is 4.79 Å². The van der Waals surface area contributed by atoms with Gasteiger partial charge in [0, 0.05) is 36.8 Å². The number of nitrogens with zero attached hydrogens (tertiary/aromatic N) is 2. The van der Waals surface area contributed by atoms with Crippen LogP contribution in [-0.4, -0.2) is 34.4 Å². The summed E-state index contributed by atoms with van der Waals surface area (Å²) in [5, 5.41) is 7.68. The Morgan fingerprint density at radius 1 is 1.30 bits per heavy atom. The van der Waals surface area contributed by atoms with Crippen molar-refractivity contribution in [3.8, 4) is 11.4 Å². The summed E-state index contributed by atoms with van der Waals surface area (Å²) in [6.07, 6.45) is 1.51. The van der Waals surface area contributed by atoms with Gasteiger partial charge in [-0.15, -0.1) is 12.4 Å². The quantitative estimate of drug-likeness (QED) is 0.630. The van der Waals surface area contributed by atoms with Crippen LogP contribution in [0, 0.1) is 12.8 Å². The Kier molecular flexibility index (Phi) is 7.14. The van der Waals surface area contributed by atoms with E-state index in [-0.39, 0.29) is 41.4 Å². The Morgan fingerprint density at radius 3 is 2.87 bits per heavy atom. The molecule has 1 aliphatic rings. The molecular formula is C20H22Cl2N4O4. The number of halogens is 2. The number of nitrogens with one attached hydrogen (secondary N) is 2. The van der Waals surface area contributed by atoms with E-state index in [1.54, 1.807) is 22.9 Å². The lowest BCUT2D eigenvalue weighted by atomic mass is 9.94. The first-order valence-corrected chi connectivity index (χ1v) is 9.75. The monoisotopic (exact) mass is 452 g/mol. The number of hydrogen-bond acceptors (Lipinski definition) is 6. The van der Waals surface area contributed by atoms with Crippen molar-refractivity contribution in [3.63, 3.8) is 0 Å². The zero-order valence-corrected chi connectivity index (χ0v) is 17.8. The molecule has 0 bridgehead atoms. The zero-order valence-electron chi connectivity index (χ0n) is 16.3. The molecule has 8 nitrogen and oxygen atoms in total. The first-order valence-electron chi connectivity index (χ1n) is 9.37. The molecule has 0 aliphatic carbocycles. The number of benzene rings is 1. The van der Waals surface area contributed by atoms with E-state index in [2.05, 4.69) is 20.0 Å². The first kappa shape index (κ1) is 22.3. The number of aryl methyl sites for hydroxylation is 1. The molecule has 4 rings (SSSR count). The fourth-order valence-corrected chi connectivity index (χ4v) is 3.75.